The Balaban J connectivity index is 1.36. The lowest BCUT2D eigenvalue weighted by atomic mass is 9.98. The number of aromatic nitrogens is 5. The molecule has 2 saturated heterocycles. The number of H-pyrrole nitrogens is 1. The number of methoxy groups -OCH3 is 1. The lowest BCUT2D eigenvalue weighted by Crippen LogP contribution is -2.47. The summed E-state index contributed by atoms with van der Waals surface area (Å²) in [6.07, 6.45) is 8.49. The van der Waals surface area contributed by atoms with Gasteiger partial charge >= 0.3 is 0 Å². The molecule has 2 N–H and O–H groups in total. The molecule has 150 valence electrons. The van der Waals surface area contributed by atoms with Crippen molar-refractivity contribution in [2.75, 3.05) is 19.1 Å². The molecule has 0 saturated carbocycles. The predicted octanol–water partition coefficient (Wildman–Crippen LogP) is 2.66. The van der Waals surface area contributed by atoms with Crippen LogP contribution in [0.15, 0.2) is 36.7 Å². The molecule has 2 aliphatic heterocycles. The Morgan fingerprint density at radius 3 is 2.48 bits per heavy atom. The molecule has 2 aliphatic rings. The van der Waals surface area contributed by atoms with E-state index in [1.165, 1.54) is 25.7 Å². The first-order valence-electron chi connectivity index (χ1n) is 10.1. The topological polar surface area (TPSA) is 91.8 Å². The molecule has 0 radical (unpaired) electrons. The van der Waals surface area contributed by atoms with E-state index in [1.54, 1.807) is 13.3 Å². The van der Waals surface area contributed by atoms with E-state index in [0.717, 1.165) is 28.3 Å². The van der Waals surface area contributed by atoms with E-state index in [4.69, 9.17) is 4.74 Å². The Labute approximate surface area is 169 Å². The normalized spacial score (nSPS) is 23.2. The van der Waals surface area contributed by atoms with Crippen molar-refractivity contribution in [1.29, 1.82) is 0 Å². The van der Waals surface area contributed by atoms with Crippen LogP contribution in [0.5, 0.6) is 5.88 Å². The number of fused-ring (bicyclic) bond motifs is 2. The third kappa shape index (κ3) is 3.44. The summed E-state index contributed by atoms with van der Waals surface area (Å²) in [7, 11) is 3.74. The molecular weight excluding hydrogens is 366 g/mol. The Hall–Kier alpha value is -3.00. The van der Waals surface area contributed by atoms with Crippen molar-refractivity contribution in [3.05, 3.63) is 36.7 Å². The van der Waals surface area contributed by atoms with Gasteiger partial charge in [-0.05, 0) is 49.9 Å². The summed E-state index contributed by atoms with van der Waals surface area (Å²) in [5, 5.41) is 19.4. The average Bonchev–Trinajstić information content (AvgIpc) is 3.42. The van der Waals surface area contributed by atoms with Gasteiger partial charge in [0, 0.05) is 42.5 Å². The van der Waals surface area contributed by atoms with Crippen LogP contribution in [0, 0.1) is 0 Å². The quantitative estimate of drug-likeness (QED) is 0.691. The number of aromatic amines is 1. The van der Waals surface area contributed by atoms with Crippen molar-refractivity contribution in [1.82, 2.24) is 30.7 Å². The van der Waals surface area contributed by atoms with E-state index >= 15 is 0 Å². The number of pyridine rings is 1. The summed E-state index contributed by atoms with van der Waals surface area (Å²) in [6.45, 7) is 0. The van der Waals surface area contributed by atoms with Crippen LogP contribution in [0.25, 0.3) is 22.5 Å². The first-order chi connectivity index (χ1) is 14.2. The lowest BCUT2D eigenvalue weighted by molar-refractivity contribution is 0.353. The number of hydrogen-bond acceptors (Lipinski definition) is 7. The molecule has 8 heteroatoms. The molecule has 2 bridgehead atoms. The maximum atomic E-state index is 5.48. The highest BCUT2D eigenvalue weighted by Gasteiger charge is 2.35. The second-order valence-corrected chi connectivity index (χ2v) is 7.89. The molecule has 0 aromatic carbocycles. The fourth-order valence-electron chi connectivity index (χ4n) is 4.54. The van der Waals surface area contributed by atoms with Gasteiger partial charge in [0.2, 0.25) is 5.88 Å². The van der Waals surface area contributed by atoms with Gasteiger partial charge in [-0.1, -0.05) is 0 Å². The smallest absolute Gasteiger partial charge is 0.221 e. The molecule has 1 unspecified atom stereocenters. The third-order valence-corrected chi connectivity index (χ3v) is 6.13. The van der Waals surface area contributed by atoms with E-state index in [0.29, 0.717) is 24.0 Å². The largest absolute Gasteiger partial charge is 0.481 e. The Bertz CT molecular complexity index is 961. The number of rotatable bonds is 5. The molecule has 3 aromatic heterocycles. The fourth-order valence-corrected chi connectivity index (χ4v) is 4.54. The highest BCUT2D eigenvalue weighted by atomic mass is 16.5. The molecule has 29 heavy (non-hydrogen) atoms. The first kappa shape index (κ1) is 18.1. The zero-order chi connectivity index (χ0) is 19.8. The van der Waals surface area contributed by atoms with E-state index in [2.05, 4.69) is 42.6 Å². The van der Waals surface area contributed by atoms with Gasteiger partial charge in [0.05, 0.1) is 19.0 Å². The van der Waals surface area contributed by atoms with Gasteiger partial charge in [-0.2, -0.15) is 5.10 Å². The summed E-state index contributed by atoms with van der Waals surface area (Å²) >= 11 is 0. The lowest BCUT2D eigenvalue weighted by Gasteiger charge is -2.36. The van der Waals surface area contributed by atoms with Crippen molar-refractivity contribution in [3.8, 4) is 28.4 Å². The van der Waals surface area contributed by atoms with E-state index in [-0.39, 0.29) is 0 Å². The number of ether oxygens (including phenoxy) is 1. The molecule has 5 heterocycles. The second kappa shape index (κ2) is 7.44. The molecule has 3 atom stereocenters. The van der Waals surface area contributed by atoms with Crippen LogP contribution in [-0.2, 0) is 0 Å². The highest BCUT2D eigenvalue weighted by molar-refractivity contribution is 5.70. The van der Waals surface area contributed by atoms with Crippen molar-refractivity contribution < 1.29 is 4.74 Å². The molecule has 3 aromatic rings. The van der Waals surface area contributed by atoms with E-state index in [1.807, 2.05) is 30.5 Å². The molecule has 0 spiro atoms. The second-order valence-electron chi connectivity index (χ2n) is 7.89. The number of nitrogens with zero attached hydrogens (tertiary/aromatic N) is 5. The van der Waals surface area contributed by atoms with Crippen LogP contribution in [0.1, 0.15) is 25.7 Å². The van der Waals surface area contributed by atoms with E-state index in [9.17, 15) is 0 Å². The van der Waals surface area contributed by atoms with Crippen LogP contribution in [0.3, 0.4) is 0 Å². The highest BCUT2D eigenvalue weighted by Crippen LogP contribution is 2.32. The monoisotopic (exact) mass is 391 g/mol. The van der Waals surface area contributed by atoms with Gasteiger partial charge in [0.25, 0.3) is 0 Å². The Kier molecular flexibility index (Phi) is 4.63. The van der Waals surface area contributed by atoms with Crippen molar-refractivity contribution in [2.24, 2.45) is 0 Å². The maximum absolute atomic E-state index is 5.48. The number of nitrogens with one attached hydrogen (secondary N) is 2. The Morgan fingerprint density at radius 2 is 1.83 bits per heavy atom. The van der Waals surface area contributed by atoms with Gasteiger partial charge in [0.1, 0.15) is 5.69 Å². The number of piperidine rings is 1. The first-order valence-corrected chi connectivity index (χ1v) is 10.1. The summed E-state index contributed by atoms with van der Waals surface area (Å²) in [4.78, 5) is 6.90. The SMILES string of the molecule is COc1nc(-c2ccc(N(C)C3C[C@H]4CC[C@@H](C3)N4)nn2)ccc1-c1cn[nH]c1. The summed E-state index contributed by atoms with van der Waals surface area (Å²) in [6, 6.07) is 9.73. The minimum atomic E-state index is 0.515. The Morgan fingerprint density at radius 1 is 1.03 bits per heavy atom. The van der Waals surface area contributed by atoms with E-state index < -0.39 is 0 Å². The van der Waals surface area contributed by atoms with Gasteiger partial charge in [0.15, 0.2) is 5.82 Å². The zero-order valence-corrected chi connectivity index (χ0v) is 16.7. The van der Waals surface area contributed by atoms with Gasteiger partial charge in [-0.15, -0.1) is 10.2 Å². The molecule has 5 rings (SSSR count). The molecule has 8 nitrogen and oxygen atoms in total. The van der Waals surface area contributed by atoms with Crippen molar-refractivity contribution >= 4 is 5.82 Å². The standard InChI is InChI=1S/C21H25N7O/c1-28(16-9-14-3-4-15(10-16)24-14)20-8-7-19(26-27-20)18-6-5-17(21(25-18)29-2)13-11-22-23-12-13/h5-8,11-12,14-16,24H,3-4,9-10H2,1-2H3,(H,22,23)/t14-,15+,16?. The zero-order valence-electron chi connectivity index (χ0n) is 16.7. The van der Waals surface area contributed by atoms with Crippen LogP contribution < -0.4 is 15.0 Å². The average molecular weight is 391 g/mol. The molecule has 0 aliphatic carbocycles. The van der Waals surface area contributed by atoms with Gasteiger partial charge in [-0.3, -0.25) is 5.10 Å². The van der Waals surface area contributed by atoms with Crippen LogP contribution >= 0.6 is 0 Å². The van der Waals surface area contributed by atoms with Crippen LogP contribution in [-0.4, -0.2) is 57.7 Å². The van der Waals surface area contributed by atoms with Crippen molar-refractivity contribution in [3.63, 3.8) is 0 Å². The molecular formula is C21H25N7O. The number of anilines is 1. The summed E-state index contributed by atoms with van der Waals surface area (Å²) < 4.78 is 5.48. The summed E-state index contributed by atoms with van der Waals surface area (Å²) in [5.41, 5.74) is 3.27. The minimum Gasteiger partial charge on any atom is -0.481 e. The van der Waals surface area contributed by atoms with Crippen LogP contribution in [0.4, 0.5) is 5.82 Å². The predicted molar refractivity (Wildman–Crippen MR) is 111 cm³/mol. The third-order valence-electron chi connectivity index (χ3n) is 6.13. The van der Waals surface area contributed by atoms with Gasteiger partial charge in [-0.25, -0.2) is 4.98 Å². The van der Waals surface area contributed by atoms with Gasteiger partial charge < -0.3 is 15.0 Å². The summed E-state index contributed by atoms with van der Waals surface area (Å²) in [5.74, 6) is 1.44. The van der Waals surface area contributed by atoms with Crippen LogP contribution in [0.2, 0.25) is 0 Å². The molecule has 0 amide bonds. The molecule has 2 fully saturated rings. The number of hydrogen-bond donors (Lipinski definition) is 2. The fraction of sp³-hybridized carbons (Fsp3) is 0.429. The minimum absolute atomic E-state index is 0.515. The maximum Gasteiger partial charge on any atom is 0.221 e. The van der Waals surface area contributed by atoms with Crippen molar-refractivity contribution in [2.45, 2.75) is 43.8 Å².